The third-order valence-corrected chi connectivity index (χ3v) is 0.926. The van der Waals surface area contributed by atoms with Crippen LogP contribution in [0.3, 0.4) is 0 Å². The Kier molecular flexibility index (Phi) is 20.6. The third-order valence-electron chi connectivity index (χ3n) is 0.926. The van der Waals surface area contributed by atoms with Crippen LogP contribution in [0.15, 0.2) is 38.2 Å². The largest absolute Gasteiger partial charge is 0.478 e. The first-order chi connectivity index (χ1) is 8.85. The number of aliphatic carboxylic acids is 1. The van der Waals surface area contributed by atoms with Gasteiger partial charge in [0, 0.05) is 19.1 Å². The molecule has 0 atom stereocenters. The molecule has 108 valence electrons. The first-order valence-corrected chi connectivity index (χ1v) is 4.89. The highest BCUT2D eigenvalue weighted by atomic mass is 16.5. The van der Waals surface area contributed by atoms with Gasteiger partial charge in [-0.1, -0.05) is 19.7 Å². The number of hydrogen-bond donors (Lipinski definition) is 2. The van der Waals surface area contributed by atoms with Gasteiger partial charge in [0.05, 0.1) is 12.9 Å². The molecule has 0 aliphatic rings. The SMILES string of the molecule is C=CC(=O)O.C=CC(=O)OCCO.C=COC(C)=O. The number of carbonyl (C=O) groups is 3. The van der Waals surface area contributed by atoms with Gasteiger partial charge in [-0.25, -0.2) is 9.59 Å². The highest BCUT2D eigenvalue weighted by Gasteiger charge is 1.90. The molecule has 7 nitrogen and oxygen atoms in total. The molecule has 0 aromatic rings. The molecule has 0 saturated heterocycles. The van der Waals surface area contributed by atoms with Crippen molar-refractivity contribution in [1.29, 1.82) is 0 Å². The molecular weight excluding hydrogens is 256 g/mol. The average Bonchev–Trinajstić information content (AvgIpc) is 2.37. The van der Waals surface area contributed by atoms with Gasteiger partial charge in [-0.05, 0) is 0 Å². The molecule has 0 aliphatic heterocycles. The topological polar surface area (TPSA) is 110 Å². The van der Waals surface area contributed by atoms with Crippen LogP contribution >= 0.6 is 0 Å². The normalized spacial score (nSPS) is 7.26. The summed E-state index contributed by atoms with van der Waals surface area (Å²) in [5.41, 5.74) is 0. The lowest BCUT2D eigenvalue weighted by Gasteiger charge is -1.94. The van der Waals surface area contributed by atoms with E-state index in [1.54, 1.807) is 0 Å². The van der Waals surface area contributed by atoms with E-state index in [1.165, 1.54) is 6.92 Å². The summed E-state index contributed by atoms with van der Waals surface area (Å²) in [6.07, 6.45) is 2.98. The van der Waals surface area contributed by atoms with Gasteiger partial charge in [-0.3, -0.25) is 4.79 Å². The fourth-order valence-corrected chi connectivity index (χ4v) is 0.323. The fourth-order valence-electron chi connectivity index (χ4n) is 0.323. The summed E-state index contributed by atoms with van der Waals surface area (Å²) in [5.74, 6) is -1.81. The van der Waals surface area contributed by atoms with Crippen molar-refractivity contribution in [1.82, 2.24) is 0 Å². The monoisotopic (exact) mass is 274 g/mol. The van der Waals surface area contributed by atoms with E-state index in [-0.39, 0.29) is 19.2 Å². The van der Waals surface area contributed by atoms with Gasteiger partial charge in [0.15, 0.2) is 0 Å². The van der Waals surface area contributed by atoms with Crippen molar-refractivity contribution < 1.29 is 34.1 Å². The summed E-state index contributed by atoms with van der Waals surface area (Å²) >= 11 is 0. The van der Waals surface area contributed by atoms with Crippen LogP contribution in [0.25, 0.3) is 0 Å². The van der Waals surface area contributed by atoms with Crippen molar-refractivity contribution in [2.24, 2.45) is 0 Å². The second kappa shape index (κ2) is 18.0. The van der Waals surface area contributed by atoms with E-state index >= 15 is 0 Å². The lowest BCUT2D eigenvalue weighted by molar-refractivity contribution is -0.138. The molecule has 7 heteroatoms. The summed E-state index contributed by atoms with van der Waals surface area (Å²) in [5, 5.41) is 15.7. The van der Waals surface area contributed by atoms with E-state index in [2.05, 4.69) is 29.2 Å². The molecule has 0 heterocycles. The highest BCUT2D eigenvalue weighted by Crippen LogP contribution is 1.75. The molecule has 0 aliphatic carbocycles. The maximum absolute atomic E-state index is 10.1. The number of esters is 2. The van der Waals surface area contributed by atoms with Gasteiger partial charge in [0.2, 0.25) is 0 Å². The van der Waals surface area contributed by atoms with Crippen molar-refractivity contribution >= 4 is 17.9 Å². The Morgan fingerprint density at radius 3 is 1.79 bits per heavy atom. The van der Waals surface area contributed by atoms with Crippen molar-refractivity contribution in [2.45, 2.75) is 6.92 Å². The number of aliphatic hydroxyl groups excluding tert-OH is 1. The molecule has 0 fully saturated rings. The van der Waals surface area contributed by atoms with E-state index in [0.29, 0.717) is 0 Å². The van der Waals surface area contributed by atoms with Crippen LogP contribution in [0.1, 0.15) is 6.92 Å². The zero-order valence-corrected chi connectivity index (χ0v) is 10.7. The summed E-state index contributed by atoms with van der Waals surface area (Å²) in [6, 6.07) is 0. The number of hydrogen-bond acceptors (Lipinski definition) is 6. The zero-order valence-electron chi connectivity index (χ0n) is 10.7. The van der Waals surface area contributed by atoms with Gasteiger partial charge >= 0.3 is 17.9 Å². The van der Waals surface area contributed by atoms with Crippen LogP contribution in [0.5, 0.6) is 0 Å². The van der Waals surface area contributed by atoms with Gasteiger partial charge in [-0.2, -0.15) is 0 Å². The number of rotatable bonds is 5. The lowest BCUT2D eigenvalue weighted by Crippen LogP contribution is -2.04. The molecule has 0 radical (unpaired) electrons. The van der Waals surface area contributed by atoms with Crippen molar-refractivity contribution in [2.75, 3.05) is 13.2 Å². The predicted octanol–water partition coefficient (Wildman–Crippen LogP) is 0.658. The van der Waals surface area contributed by atoms with Crippen LogP contribution in [-0.2, 0) is 23.9 Å². The Bertz CT molecular complexity index is 307. The molecule has 19 heavy (non-hydrogen) atoms. The molecule has 0 unspecified atom stereocenters. The molecule has 0 amide bonds. The van der Waals surface area contributed by atoms with Crippen molar-refractivity contribution in [3.63, 3.8) is 0 Å². The van der Waals surface area contributed by atoms with Crippen molar-refractivity contribution in [3.05, 3.63) is 38.2 Å². The highest BCUT2D eigenvalue weighted by molar-refractivity contribution is 5.81. The van der Waals surface area contributed by atoms with Crippen LogP contribution in [0.2, 0.25) is 0 Å². The Morgan fingerprint density at radius 2 is 1.63 bits per heavy atom. The van der Waals surface area contributed by atoms with E-state index in [1.807, 2.05) is 0 Å². The quantitative estimate of drug-likeness (QED) is 0.430. The standard InChI is InChI=1S/C5H8O3.C4H6O2.C3H4O2/c1-2-5(7)8-4-3-6;1-3-6-4(2)5;1-2-3(4)5/h2,6H,1,3-4H2;3H,1H2,2H3;2H,1H2,(H,4,5). The van der Waals surface area contributed by atoms with Crippen LogP contribution in [0, 0.1) is 0 Å². The second-order valence-electron chi connectivity index (χ2n) is 2.41. The Morgan fingerprint density at radius 1 is 1.16 bits per heavy atom. The average molecular weight is 274 g/mol. The van der Waals surface area contributed by atoms with Crippen LogP contribution in [0.4, 0.5) is 0 Å². The van der Waals surface area contributed by atoms with Gasteiger partial charge in [-0.15, -0.1) is 0 Å². The minimum atomic E-state index is -0.981. The van der Waals surface area contributed by atoms with E-state index in [0.717, 1.165) is 18.4 Å². The fraction of sp³-hybridized carbons (Fsp3) is 0.250. The van der Waals surface area contributed by atoms with Crippen LogP contribution in [-0.4, -0.2) is 41.3 Å². The number of ether oxygens (including phenoxy) is 2. The maximum Gasteiger partial charge on any atom is 0.330 e. The number of aliphatic hydroxyl groups is 1. The van der Waals surface area contributed by atoms with E-state index in [9.17, 15) is 14.4 Å². The first kappa shape index (κ1) is 21.8. The molecule has 0 rings (SSSR count). The minimum Gasteiger partial charge on any atom is -0.478 e. The maximum atomic E-state index is 10.1. The van der Waals surface area contributed by atoms with Crippen LogP contribution < -0.4 is 0 Å². The molecule has 2 N–H and O–H groups in total. The van der Waals surface area contributed by atoms with Gasteiger partial charge < -0.3 is 19.7 Å². The zero-order chi connectivity index (χ0) is 15.7. The molecule has 0 aromatic heterocycles. The summed E-state index contributed by atoms with van der Waals surface area (Å²) < 4.78 is 8.50. The molecule has 0 bridgehead atoms. The van der Waals surface area contributed by atoms with E-state index < -0.39 is 11.9 Å². The number of carboxylic acids is 1. The third kappa shape index (κ3) is 39.0. The molecule has 0 saturated carbocycles. The first-order valence-electron chi connectivity index (χ1n) is 4.89. The van der Waals surface area contributed by atoms with Gasteiger partial charge in [0.25, 0.3) is 0 Å². The lowest BCUT2D eigenvalue weighted by atomic mass is 10.6. The molecule has 0 spiro atoms. The predicted molar refractivity (Wildman–Crippen MR) is 68.0 cm³/mol. The number of carbonyl (C=O) groups excluding carboxylic acids is 2. The Labute approximate surface area is 111 Å². The van der Waals surface area contributed by atoms with Gasteiger partial charge in [0.1, 0.15) is 6.61 Å². The van der Waals surface area contributed by atoms with E-state index in [4.69, 9.17) is 10.2 Å². The Hall–Kier alpha value is -2.41. The summed E-state index contributed by atoms with van der Waals surface area (Å²) in [6.45, 7) is 10.5. The summed E-state index contributed by atoms with van der Waals surface area (Å²) in [7, 11) is 0. The number of carboxylic acid groups (broad SMARTS) is 1. The Balaban J connectivity index is -0.000000209. The second-order valence-corrected chi connectivity index (χ2v) is 2.41. The minimum absolute atomic E-state index is 0.0465. The molecular formula is C12H18O7. The smallest absolute Gasteiger partial charge is 0.330 e. The molecule has 0 aromatic carbocycles. The summed E-state index contributed by atoms with van der Waals surface area (Å²) in [4.78, 5) is 29.1. The van der Waals surface area contributed by atoms with Crippen molar-refractivity contribution in [3.8, 4) is 0 Å².